The molecule has 0 radical (unpaired) electrons. The van der Waals surface area contributed by atoms with Crippen LogP contribution in [0.2, 0.25) is 0 Å². The first-order valence-corrected chi connectivity index (χ1v) is 5.10. The minimum Gasteiger partial charge on any atom is -0.456 e. The maximum absolute atomic E-state index is 5.71. The fourth-order valence-electron chi connectivity index (χ4n) is 1.41. The fourth-order valence-corrected chi connectivity index (χ4v) is 1.41. The summed E-state index contributed by atoms with van der Waals surface area (Å²) in [7, 11) is 0. The zero-order valence-corrected chi connectivity index (χ0v) is 9.10. The Bertz CT molecular complexity index is 518. The number of rotatable bonds is 2. The van der Waals surface area contributed by atoms with Gasteiger partial charge in [0.1, 0.15) is 11.5 Å². The average molecular weight is 208 g/mol. The topological polar surface area (TPSA) is 9.23 Å². The Balaban J connectivity index is 2.27. The highest BCUT2D eigenvalue weighted by Gasteiger charge is 2.01. The van der Waals surface area contributed by atoms with E-state index in [1.807, 2.05) is 55.5 Å². The lowest BCUT2D eigenvalue weighted by atomic mass is 10.2. The van der Waals surface area contributed by atoms with Crippen molar-refractivity contribution in [3.05, 3.63) is 59.7 Å². The van der Waals surface area contributed by atoms with Crippen LogP contribution in [0.25, 0.3) is 0 Å². The van der Waals surface area contributed by atoms with E-state index < -0.39 is 0 Å². The standard InChI is InChI=1S/C15H12O/c1-3-13-6-4-5-7-15(13)16-14-10-8-12(2)9-11-14/h1,4-11H,2H3. The van der Waals surface area contributed by atoms with Gasteiger partial charge in [0.25, 0.3) is 0 Å². The van der Waals surface area contributed by atoms with Gasteiger partial charge in [-0.1, -0.05) is 35.7 Å². The Hall–Kier alpha value is -2.20. The molecule has 0 atom stereocenters. The molecule has 0 amide bonds. The van der Waals surface area contributed by atoms with E-state index in [0.717, 1.165) is 11.3 Å². The van der Waals surface area contributed by atoms with Crippen molar-refractivity contribution in [3.8, 4) is 23.8 Å². The van der Waals surface area contributed by atoms with Gasteiger partial charge in [0.05, 0.1) is 5.56 Å². The molecule has 2 aromatic carbocycles. The Labute approximate surface area is 95.7 Å². The largest absolute Gasteiger partial charge is 0.456 e. The second-order valence-corrected chi connectivity index (χ2v) is 3.56. The van der Waals surface area contributed by atoms with Gasteiger partial charge in [-0.25, -0.2) is 0 Å². The van der Waals surface area contributed by atoms with Crippen LogP contribution in [0.15, 0.2) is 48.5 Å². The molecule has 0 heterocycles. The molecule has 0 aliphatic heterocycles. The number of hydrogen-bond donors (Lipinski definition) is 0. The summed E-state index contributed by atoms with van der Waals surface area (Å²) in [5.74, 6) is 4.12. The van der Waals surface area contributed by atoms with Crippen molar-refractivity contribution < 1.29 is 4.74 Å². The quantitative estimate of drug-likeness (QED) is 0.683. The van der Waals surface area contributed by atoms with Gasteiger partial charge in [-0.3, -0.25) is 0 Å². The summed E-state index contributed by atoms with van der Waals surface area (Å²) in [5, 5.41) is 0. The van der Waals surface area contributed by atoms with Crippen LogP contribution < -0.4 is 4.74 Å². The highest BCUT2D eigenvalue weighted by molar-refractivity contribution is 5.46. The first-order chi connectivity index (χ1) is 7.79. The predicted molar refractivity (Wildman–Crippen MR) is 65.6 cm³/mol. The molecule has 0 aliphatic rings. The van der Waals surface area contributed by atoms with E-state index in [4.69, 9.17) is 11.2 Å². The Morgan fingerprint density at radius 1 is 1.00 bits per heavy atom. The van der Waals surface area contributed by atoms with Gasteiger partial charge in [-0.05, 0) is 31.2 Å². The van der Waals surface area contributed by atoms with Crippen molar-refractivity contribution in [2.75, 3.05) is 0 Å². The summed E-state index contributed by atoms with van der Waals surface area (Å²) in [6.45, 7) is 2.04. The van der Waals surface area contributed by atoms with Crippen molar-refractivity contribution in [1.29, 1.82) is 0 Å². The van der Waals surface area contributed by atoms with E-state index in [-0.39, 0.29) is 0 Å². The second kappa shape index (κ2) is 4.55. The summed E-state index contributed by atoms with van der Waals surface area (Å²) in [6, 6.07) is 15.4. The molecule has 0 aliphatic carbocycles. The molecule has 1 nitrogen and oxygen atoms in total. The molecule has 2 aromatic rings. The second-order valence-electron chi connectivity index (χ2n) is 3.56. The highest BCUT2D eigenvalue weighted by atomic mass is 16.5. The van der Waals surface area contributed by atoms with Gasteiger partial charge in [-0.2, -0.15) is 0 Å². The zero-order valence-electron chi connectivity index (χ0n) is 9.10. The molecule has 0 unspecified atom stereocenters. The molecule has 0 N–H and O–H groups in total. The van der Waals surface area contributed by atoms with Crippen molar-refractivity contribution in [2.45, 2.75) is 6.92 Å². The summed E-state index contributed by atoms with van der Waals surface area (Å²) in [5.41, 5.74) is 1.97. The monoisotopic (exact) mass is 208 g/mol. The first-order valence-electron chi connectivity index (χ1n) is 5.10. The van der Waals surface area contributed by atoms with Gasteiger partial charge in [0, 0.05) is 0 Å². The van der Waals surface area contributed by atoms with Crippen molar-refractivity contribution in [1.82, 2.24) is 0 Å². The van der Waals surface area contributed by atoms with Crippen LogP contribution in [0.5, 0.6) is 11.5 Å². The van der Waals surface area contributed by atoms with Crippen LogP contribution in [0, 0.1) is 19.3 Å². The smallest absolute Gasteiger partial charge is 0.143 e. The molecule has 0 aromatic heterocycles. The van der Waals surface area contributed by atoms with E-state index in [2.05, 4.69) is 5.92 Å². The van der Waals surface area contributed by atoms with Crippen molar-refractivity contribution in [2.24, 2.45) is 0 Å². The van der Waals surface area contributed by atoms with Crippen LogP contribution in [0.3, 0.4) is 0 Å². The lowest BCUT2D eigenvalue weighted by molar-refractivity contribution is 0.481. The lowest BCUT2D eigenvalue weighted by Crippen LogP contribution is -1.87. The van der Waals surface area contributed by atoms with Gasteiger partial charge in [0.15, 0.2) is 0 Å². The lowest BCUT2D eigenvalue weighted by Gasteiger charge is -2.07. The molecule has 16 heavy (non-hydrogen) atoms. The van der Waals surface area contributed by atoms with Gasteiger partial charge >= 0.3 is 0 Å². The van der Waals surface area contributed by atoms with Crippen molar-refractivity contribution in [3.63, 3.8) is 0 Å². The summed E-state index contributed by atoms with van der Waals surface area (Å²) >= 11 is 0. The molecule has 0 saturated heterocycles. The molecule has 0 fully saturated rings. The third-order valence-corrected chi connectivity index (χ3v) is 2.29. The highest BCUT2D eigenvalue weighted by Crippen LogP contribution is 2.24. The number of hydrogen-bond acceptors (Lipinski definition) is 1. The maximum Gasteiger partial charge on any atom is 0.143 e. The van der Waals surface area contributed by atoms with Gasteiger partial charge in [0.2, 0.25) is 0 Å². The molecule has 2 rings (SSSR count). The molecular weight excluding hydrogens is 196 g/mol. The minimum absolute atomic E-state index is 0.717. The number of ether oxygens (including phenoxy) is 1. The molecule has 0 spiro atoms. The number of aryl methyl sites for hydroxylation is 1. The van der Waals surface area contributed by atoms with Crippen LogP contribution in [-0.2, 0) is 0 Å². The summed E-state index contributed by atoms with van der Waals surface area (Å²) in [6.07, 6.45) is 5.40. The van der Waals surface area contributed by atoms with Gasteiger partial charge < -0.3 is 4.74 Å². The predicted octanol–water partition coefficient (Wildman–Crippen LogP) is 3.77. The maximum atomic E-state index is 5.71. The van der Waals surface area contributed by atoms with E-state index in [9.17, 15) is 0 Å². The molecular formula is C15H12O. The number of benzene rings is 2. The third-order valence-electron chi connectivity index (χ3n) is 2.29. The normalized spacial score (nSPS) is 9.50. The third kappa shape index (κ3) is 2.24. The van der Waals surface area contributed by atoms with Crippen LogP contribution >= 0.6 is 0 Å². The summed E-state index contributed by atoms with van der Waals surface area (Å²) in [4.78, 5) is 0. The van der Waals surface area contributed by atoms with E-state index >= 15 is 0 Å². The minimum atomic E-state index is 0.717. The molecule has 1 heteroatoms. The number of terminal acetylenes is 1. The molecule has 0 saturated carbocycles. The van der Waals surface area contributed by atoms with Crippen LogP contribution in [-0.4, -0.2) is 0 Å². The van der Waals surface area contributed by atoms with E-state index in [1.54, 1.807) is 0 Å². The molecule has 78 valence electrons. The Morgan fingerprint density at radius 2 is 1.69 bits per heavy atom. The zero-order chi connectivity index (χ0) is 11.4. The first kappa shape index (κ1) is 10.3. The van der Waals surface area contributed by atoms with Crippen LogP contribution in [0.1, 0.15) is 11.1 Å². The average Bonchev–Trinajstić information content (AvgIpc) is 2.33. The van der Waals surface area contributed by atoms with E-state index in [0.29, 0.717) is 5.75 Å². The summed E-state index contributed by atoms with van der Waals surface area (Å²) < 4.78 is 5.71. The van der Waals surface area contributed by atoms with Crippen LogP contribution in [0.4, 0.5) is 0 Å². The number of para-hydroxylation sites is 1. The van der Waals surface area contributed by atoms with Crippen molar-refractivity contribution >= 4 is 0 Å². The SMILES string of the molecule is C#Cc1ccccc1Oc1ccc(C)cc1. The molecule has 0 bridgehead atoms. The Morgan fingerprint density at radius 3 is 2.38 bits per heavy atom. The fraction of sp³-hybridized carbons (Fsp3) is 0.0667. The van der Waals surface area contributed by atoms with E-state index in [1.165, 1.54) is 5.56 Å². The Kier molecular flexibility index (Phi) is 2.93. The van der Waals surface area contributed by atoms with Gasteiger partial charge in [-0.15, -0.1) is 6.42 Å².